The van der Waals surface area contributed by atoms with Crippen molar-refractivity contribution >= 4 is 35.1 Å². The van der Waals surface area contributed by atoms with Gasteiger partial charge in [-0.25, -0.2) is 4.90 Å². The molecule has 7 heteroatoms. The van der Waals surface area contributed by atoms with Crippen LogP contribution in [0, 0.1) is 31.6 Å². The van der Waals surface area contributed by atoms with Gasteiger partial charge in [-0.1, -0.05) is 31.0 Å². The molecule has 3 fully saturated rings. The molecule has 0 bridgehead atoms. The van der Waals surface area contributed by atoms with Crippen LogP contribution in [0.1, 0.15) is 43.2 Å². The minimum absolute atomic E-state index is 0.101. The molecule has 2 aromatic carbocycles. The summed E-state index contributed by atoms with van der Waals surface area (Å²) in [6.45, 7) is 4.01. The zero-order valence-electron chi connectivity index (χ0n) is 19.5. The summed E-state index contributed by atoms with van der Waals surface area (Å²) in [5.41, 5.74) is 3.02. The van der Waals surface area contributed by atoms with Gasteiger partial charge in [0.1, 0.15) is 5.75 Å². The Morgan fingerprint density at radius 2 is 1.56 bits per heavy atom. The summed E-state index contributed by atoms with van der Waals surface area (Å²) < 4.78 is 5.60. The summed E-state index contributed by atoms with van der Waals surface area (Å²) in [7, 11) is 0. The fraction of sp³-hybridized carbons (Fsp3) is 0.407. The second-order valence-electron chi connectivity index (χ2n) is 9.57. The lowest BCUT2D eigenvalue weighted by Crippen LogP contribution is -2.31. The van der Waals surface area contributed by atoms with Gasteiger partial charge in [0.2, 0.25) is 17.7 Å². The number of hydrogen-bond donors (Lipinski definition) is 0. The molecule has 3 atom stereocenters. The first-order chi connectivity index (χ1) is 16.3. The molecule has 7 nitrogen and oxygen atoms in total. The molecule has 2 saturated heterocycles. The number of anilines is 2. The third-order valence-corrected chi connectivity index (χ3v) is 7.33. The summed E-state index contributed by atoms with van der Waals surface area (Å²) in [6.07, 6.45) is 3.59. The van der Waals surface area contributed by atoms with E-state index < -0.39 is 11.9 Å². The first-order valence-corrected chi connectivity index (χ1v) is 11.9. The third-order valence-electron chi connectivity index (χ3n) is 7.33. The number of benzene rings is 2. The number of carbonyl (C=O) groups excluding carboxylic acids is 4. The lowest BCUT2D eigenvalue weighted by Gasteiger charge is -2.19. The van der Waals surface area contributed by atoms with Crippen molar-refractivity contribution in [2.24, 2.45) is 17.8 Å². The lowest BCUT2D eigenvalue weighted by atomic mass is 9.81. The van der Waals surface area contributed by atoms with Gasteiger partial charge in [-0.2, -0.15) is 0 Å². The van der Waals surface area contributed by atoms with Crippen molar-refractivity contribution in [1.82, 2.24) is 0 Å². The monoisotopic (exact) mass is 460 g/mol. The minimum Gasteiger partial charge on any atom is -0.426 e. The van der Waals surface area contributed by atoms with E-state index in [1.165, 1.54) is 4.90 Å². The molecule has 5 rings (SSSR count). The Labute approximate surface area is 198 Å². The third kappa shape index (κ3) is 3.79. The van der Waals surface area contributed by atoms with E-state index in [-0.39, 0.29) is 42.5 Å². The Morgan fingerprint density at radius 1 is 0.882 bits per heavy atom. The van der Waals surface area contributed by atoms with Crippen molar-refractivity contribution in [3.63, 3.8) is 0 Å². The van der Waals surface area contributed by atoms with Crippen LogP contribution in [0.15, 0.2) is 42.5 Å². The van der Waals surface area contributed by atoms with Crippen LogP contribution >= 0.6 is 0 Å². The predicted octanol–water partition coefficient (Wildman–Crippen LogP) is 3.94. The molecule has 0 unspecified atom stereocenters. The Bertz CT molecular complexity index is 1170. The summed E-state index contributed by atoms with van der Waals surface area (Å²) in [6, 6.07) is 12.5. The first-order valence-electron chi connectivity index (χ1n) is 11.9. The molecule has 2 aromatic rings. The Kier molecular flexibility index (Phi) is 5.71. The highest BCUT2D eigenvalue weighted by atomic mass is 16.5. The molecule has 3 aliphatic rings. The van der Waals surface area contributed by atoms with Gasteiger partial charge in [0.25, 0.3) is 0 Å². The number of fused-ring (bicyclic) bond motifs is 1. The van der Waals surface area contributed by atoms with Gasteiger partial charge in [0, 0.05) is 18.7 Å². The molecular formula is C27H28N2O5. The van der Waals surface area contributed by atoms with Gasteiger partial charge >= 0.3 is 5.97 Å². The Hall–Kier alpha value is -3.48. The number of ether oxygens (including phenoxy) is 1. The van der Waals surface area contributed by atoms with Gasteiger partial charge in [0.15, 0.2) is 0 Å². The predicted molar refractivity (Wildman–Crippen MR) is 126 cm³/mol. The number of rotatable bonds is 4. The maximum absolute atomic E-state index is 12.9. The largest absolute Gasteiger partial charge is 0.426 e. The number of hydrogen-bond acceptors (Lipinski definition) is 5. The molecule has 0 radical (unpaired) electrons. The van der Waals surface area contributed by atoms with Crippen molar-refractivity contribution in [1.29, 1.82) is 0 Å². The van der Waals surface area contributed by atoms with E-state index in [1.807, 2.05) is 31.2 Å². The van der Waals surface area contributed by atoms with Gasteiger partial charge in [-0.05, 0) is 62.1 Å². The molecule has 2 aliphatic heterocycles. The fourth-order valence-corrected chi connectivity index (χ4v) is 5.51. The van der Waals surface area contributed by atoms with E-state index in [4.69, 9.17) is 4.74 Å². The standard InChI is InChI=1S/C27H28N2O5/c1-16-7-3-6-10-22(16)28-15-18(14-24(28)30)27(33)34-19-11-12-23(17(2)13-19)29-25(31)20-8-4-5-9-21(20)26(29)32/h3,6-7,10-13,18,20-21H,4-5,8-9,14-15H2,1-2H3/t18-,20-,21+/m1/s1. The van der Waals surface area contributed by atoms with Crippen molar-refractivity contribution in [3.05, 3.63) is 53.6 Å². The zero-order chi connectivity index (χ0) is 24.0. The number of esters is 1. The average molecular weight is 461 g/mol. The maximum atomic E-state index is 12.9. The highest BCUT2D eigenvalue weighted by Gasteiger charge is 2.49. The molecule has 176 valence electrons. The molecule has 0 spiro atoms. The van der Waals surface area contributed by atoms with E-state index >= 15 is 0 Å². The molecule has 2 heterocycles. The first kappa shape index (κ1) is 22.3. The van der Waals surface area contributed by atoms with E-state index in [9.17, 15) is 19.2 Å². The average Bonchev–Trinajstić information content (AvgIpc) is 3.33. The second-order valence-corrected chi connectivity index (χ2v) is 9.57. The van der Waals surface area contributed by atoms with Crippen LogP contribution in [0.2, 0.25) is 0 Å². The number of aryl methyl sites for hydroxylation is 2. The maximum Gasteiger partial charge on any atom is 0.316 e. The number of nitrogens with zero attached hydrogens (tertiary/aromatic N) is 2. The van der Waals surface area contributed by atoms with Crippen LogP contribution in [0.25, 0.3) is 0 Å². The summed E-state index contributed by atoms with van der Waals surface area (Å²) >= 11 is 0. The van der Waals surface area contributed by atoms with Gasteiger partial charge in [0.05, 0.1) is 23.4 Å². The Morgan fingerprint density at radius 3 is 2.21 bits per heavy atom. The van der Waals surface area contributed by atoms with Crippen LogP contribution < -0.4 is 14.5 Å². The number of amides is 3. The van der Waals surface area contributed by atoms with Crippen LogP contribution in [0.4, 0.5) is 11.4 Å². The highest BCUT2D eigenvalue weighted by molar-refractivity contribution is 6.22. The van der Waals surface area contributed by atoms with Crippen molar-refractivity contribution in [2.45, 2.75) is 46.0 Å². The van der Waals surface area contributed by atoms with Gasteiger partial charge < -0.3 is 9.64 Å². The molecule has 3 amide bonds. The molecule has 34 heavy (non-hydrogen) atoms. The quantitative estimate of drug-likeness (QED) is 0.392. The van der Waals surface area contributed by atoms with Crippen LogP contribution in [-0.2, 0) is 19.2 Å². The van der Waals surface area contributed by atoms with Crippen molar-refractivity contribution in [3.8, 4) is 5.75 Å². The van der Waals surface area contributed by atoms with E-state index in [0.717, 1.165) is 36.9 Å². The van der Waals surface area contributed by atoms with Crippen LogP contribution in [0.3, 0.4) is 0 Å². The number of para-hydroxylation sites is 1. The molecule has 0 aromatic heterocycles. The fourth-order valence-electron chi connectivity index (χ4n) is 5.51. The smallest absolute Gasteiger partial charge is 0.316 e. The number of imide groups is 1. The minimum atomic E-state index is -0.558. The van der Waals surface area contributed by atoms with Gasteiger partial charge in [-0.3, -0.25) is 19.2 Å². The lowest BCUT2D eigenvalue weighted by molar-refractivity contribution is -0.139. The summed E-state index contributed by atoms with van der Waals surface area (Å²) in [4.78, 5) is 54.2. The normalized spacial score (nSPS) is 24.5. The topological polar surface area (TPSA) is 84.0 Å². The molecule has 1 saturated carbocycles. The zero-order valence-corrected chi connectivity index (χ0v) is 19.5. The van der Waals surface area contributed by atoms with Gasteiger partial charge in [-0.15, -0.1) is 0 Å². The summed E-state index contributed by atoms with van der Waals surface area (Å²) in [5, 5.41) is 0. The molecule has 1 aliphatic carbocycles. The Balaban J connectivity index is 1.29. The second kappa shape index (κ2) is 8.70. The number of carbonyl (C=O) groups is 4. The van der Waals surface area contributed by atoms with E-state index in [2.05, 4.69) is 0 Å². The highest BCUT2D eigenvalue weighted by Crippen LogP contribution is 2.41. The molecule has 0 N–H and O–H groups in total. The van der Waals surface area contributed by atoms with E-state index in [1.54, 1.807) is 30.0 Å². The van der Waals surface area contributed by atoms with Crippen molar-refractivity contribution < 1.29 is 23.9 Å². The van der Waals surface area contributed by atoms with Crippen LogP contribution in [0.5, 0.6) is 5.75 Å². The van der Waals surface area contributed by atoms with Crippen LogP contribution in [-0.4, -0.2) is 30.2 Å². The van der Waals surface area contributed by atoms with Crippen molar-refractivity contribution in [2.75, 3.05) is 16.3 Å². The summed E-state index contributed by atoms with van der Waals surface area (Å²) in [5.74, 6) is -1.46. The van der Waals surface area contributed by atoms with E-state index in [0.29, 0.717) is 17.0 Å². The SMILES string of the molecule is Cc1ccccc1N1C[C@H](C(=O)Oc2ccc(N3C(=O)[C@H]4CCCC[C@H]4C3=O)c(C)c2)CC1=O. The molecular weight excluding hydrogens is 432 g/mol.